The molecule has 0 bridgehead atoms. The zero-order valence-electron chi connectivity index (χ0n) is 6.60. The van der Waals surface area contributed by atoms with E-state index in [2.05, 4.69) is 4.52 Å². The highest BCUT2D eigenvalue weighted by Crippen LogP contribution is 2.40. The second-order valence-electron chi connectivity index (χ2n) is 2.26. The molecule has 4 nitrogen and oxygen atoms in total. The highest BCUT2D eigenvalue weighted by atomic mass is 31.2. The first-order valence-electron chi connectivity index (χ1n) is 3.31. The van der Waals surface area contributed by atoms with Crippen LogP contribution in [-0.4, -0.2) is 12.0 Å². The van der Waals surface area contributed by atoms with Crippen LogP contribution < -0.4 is 11.0 Å². The molecule has 0 aliphatic rings. The summed E-state index contributed by atoms with van der Waals surface area (Å²) < 4.78 is 15.7. The second-order valence-corrected chi connectivity index (χ2v) is 4.15. The summed E-state index contributed by atoms with van der Waals surface area (Å²) in [6, 6.07) is 6.35. The Morgan fingerprint density at radius 3 is 2.58 bits per heavy atom. The van der Waals surface area contributed by atoms with E-state index in [1.165, 1.54) is 13.2 Å². The van der Waals surface area contributed by atoms with E-state index >= 15 is 0 Å². The predicted molar refractivity (Wildman–Crippen MR) is 47.3 cm³/mol. The lowest BCUT2D eigenvalue weighted by atomic mass is 10.3. The predicted octanol–water partition coefficient (Wildman–Crippen LogP) is 0.726. The molecule has 0 aromatic heterocycles. The van der Waals surface area contributed by atoms with Gasteiger partial charge in [-0.1, -0.05) is 12.1 Å². The fourth-order valence-electron chi connectivity index (χ4n) is 0.843. The fraction of sp³-hybridized carbons (Fsp3) is 0.143. The summed E-state index contributed by atoms with van der Waals surface area (Å²) >= 11 is 0. The van der Waals surface area contributed by atoms with E-state index in [0.717, 1.165) is 0 Å². The van der Waals surface area contributed by atoms with E-state index in [1.807, 2.05) is 0 Å². The minimum atomic E-state index is -3.69. The molecule has 5 heteroatoms. The summed E-state index contributed by atoms with van der Waals surface area (Å²) in [4.78, 5) is 9.23. The third-order valence-corrected chi connectivity index (χ3v) is 3.00. The molecule has 1 aromatic rings. The van der Waals surface area contributed by atoms with Crippen molar-refractivity contribution in [1.29, 1.82) is 0 Å². The number of rotatable bonds is 2. The van der Waals surface area contributed by atoms with Gasteiger partial charge in [0.2, 0.25) is 0 Å². The number of para-hydroxylation sites is 1. The first-order valence-corrected chi connectivity index (χ1v) is 4.89. The molecule has 3 N–H and O–H groups in total. The molecule has 0 fully saturated rings. The van der Waals surface area contributed by atoms with Crippen molar-refractivity contribution in [3.8, 4) is 0 Å². The standard InChI is InChI=1S/C7H10NO3P/c1-11-12(9,10)7-5-3-2-4-6(7)8/h2-5H,8H2,1H3,(H,9,10). The average molecular weight is 187 g/mol. The van der Waals surface area contributed by atoms with Gasteiger partial charge in [-0.25, -0.2) is 0 Å². The van der Waals surface area contributed by atoms with Crippen LogP contribution in [0.3, 0.4) is 0 Å². The van der Waals surface area contributed by atoms with Gasteiger partial charge in [0, 0.05) is 12.8 Å². The zero-order chi connectivity index (χ0) is 9.19. The lowest BCUT2D eigenvalue weighted by molar-refractivity contribution is 0.328. The van der Waals surface area contributed by atoms with Crippen molar-refractivity contribution in [3.63, 3.8) is 0 Å². The Labute approximate surface area is 70.5 Å². The molecular formula is C7H10NO3P. The summed E-state index contributed by atoms with van der Waals surface area (Å²) in [5, 5.41) is 0.146. The van der Waals surface area contributed by atoms with Crippen molar-refractivity contribution in [2.75, 3.05) is 12.8 Å². The van der Waals surface area contributed by atoms with Gasteiger partial charge in [-0.15, -0.1) is 0 Å². The van der Waals surface area contributed by atoms with Gasteiger partial charge >= 0.3 is 7.60 Å². The van der Waals surface area contributed by atoms with Crippen LogP contribution in [0.25, 0.3) is 0 Å². The Morgan fingerprint density at radius 1 is 1.50 bits per heavy atom. The smallest absolute Gasteiger partial charge is 0.360 e. The molecule has 0 saturated carbocycles. The van der Waals surface area contributed by atoms with Crippen LogP contribution in [0.5, 0.6) is 0 Å². The van der Waals surface area contributed by atoms with E-state index in [1.54, 1.807) is 18.2 Å². The van der Waals surface area contributed by atoms with Crippen molar-refractivity contribution in [3.05, 3.63) is 24.3 Å². The molecule has 0 spiro atoms. The molecule has 1 unspecified atom stereocenters. The van der Waals surface area contributed by atoms with Crippen LogP contribution in [-0.2, 0) is 9.09 Å². The van der Waals surface area contributed by atoms with E-state index in [9.17, 15) is 9.46 Å². The second kappa shape index (κ2) is 3.27. The van der Waals surface area contributed by atoms with Gasteiger partial charge in [0.25, 0.3) is 0 Å². The van der Waals surface area contributed by atoms with E-state index in [-0.39, 0.29) is 11.0 Å². The maximum Gasteiger partial charge on any atom is 0.360 e. The molecule has 0 saturated heterocycles. The molecule has 0 aliphatic heterocycles. The molecular weight excluding hydrogens is 177 g/mol. The normalized spacial score (nSPS) is 15.5. The monoisotopic (exact) mass is 187 g/mol. The zero-order valence-corrected chi connectivity index (χ0v) is 7.49. The Bertz CT molecular complexity index is 326. The molecule has 0 radical (unpaired) electrons. The third-order valence-electron chi connectivity index (χ3n) is 1.49. The van der Waals surface area contributed by atoms with Crippen LogP contribution in [0.15, 0.2) is 24.3 Å². The first kappa shape index (κ1) is 9.26. The van der Waals surface area contributed by atoms with Crippen LogP contribution in [0.2, 0.25) is 0 Å². The fourth-order valence-corrected chi connectivity index (χ4v) is 1.72. The van der Waals surface area contributed by atoms with Crippen LogP contribution in [0.4, 0.5) is 5.69 Å². The van der Waals surface area contributed by atoms with Crippen molar-refractivity contribution < 1.29 is 14.0 Å². The van der Waals surface area contributed by atoms with Crippen LogP contribution >= 0.6 is 7.60 Å². The summed E-state index contributed by atoms with van der Waals surface area (Å²) in [7, 11) is -2.51. The van der Waals surface area contributed by atoms with Crippen molar-refractivity contribution in [1.82, 2.24) is 0 Å². The number of benzene rings is 1. The maximum absolute atomic E-state index is 11.3. The lowest BCUT2D eigenvalue weighted by Gasteiger charge is -2.10. The molecule has 1 rings (SSSR count). The van der Waals surface area contributed by atoms with Crippen LogP contribution in [0, 0.1) is 0 Å². The Balaban J connectivity index is 3.20. The minimum Gasteiger partial charge on any atom is -0.398 e. The van der Waals surface area contributed by atoms with Gasteiger partial charge in [-0.05, 0) is 12.1 Å². The summed E-state index contributed by atoms with van der Waals surface area (Å²) in [5.41, 5.74) is 5.74. The number of hydrogen-bond donors (Lipinski definition) is 2. The minimum absolute atomic E-state index is 0.146. The quantitative estimate of drug-likeness (QED) is 0.528. The Kier molecular flexibility index (Phi) is 2.52. The Hall–Kier alpha value is -0.830. The van der Waals surface area contributed by atoms with Gasteiger partial charge in [0.05, 0.1) is 5.30 Å². The molecule has 1 aromatic carbocycles. The summed E-state index contributed by atoms with van der Waals surface area (Å²) in [6.45, 7) is 0. The van der Waals surface area contributed by atoms with Gasteiger partial charge in [0.15, 0.2) is 0 Å². The van der Waals surface area contributed by atoms with E-state index < -0.39 is 7.60 Å². The van der Waals surface area contributed by atoms with E-state index in [4.69, 9.17) is 5.73 Å². The number of anilines is 1. The third kappa shape index (κ3) is 1.67. The number of nitrogen functional groups attached to an aromatic ring is 1. The molecule has 1 atom stereocenters. The molecule has 0 amide bonds. The highest BCUT2D eigenvalue weighted by Gasteiger charge is 2.22. The van der Waals surface area contributed by atoms with Crippen molar-refractivity contribution >= 4 is 18.6 Å². The van der Waals surface area contributed by atoms with Crippen LogP contribution in [0.1, 0.15) is 0 Å². The summed E-state index contributed by atoms with van der Waals surface area (Å²) in [6.07, 6.45) is 0. The largest absolute Gasteiger partial charge is 0.398 e. The Morgan fingerprint density at radius 2 is 2.08 bits per heavy atom. The first-order chi connectivity index (χ1) is 5.58. The van der Waals surface area contributed by atoms with Crippen molar-refractivity contribution in [2.45, 2.75) is 0 Å². The number of hydrogen-bond acceptors (Lipinski definition) is 3. The molecule has 66 valence electrons. The lowest BCUT2D eigenvalue weighted by Crippen LogP contribution is -2.10. The van der Waals surface area contributed by atoms with Gasteiger partial charge in [0.1, 0.15) is 0 Å². The average Bonchev–Trinajstić information content (AvgIpc) is 2.05. The summed E-state index contributed by atoms with van der Waals surface area (Å²) in [5.74, 6) is 0. The molecule has 0 aliphatic carbocycles. The van der Waals surface area contributed by atoms with E-state index in [0.29, 0.717) is 0 Å². The van der Waals surface area contributed by atoms with Gasteiger partial charge in [-0.3, -0.25) is 4.57 Å². The van der Waals surface area contributed by atoms with Gasteiger partial charge < -0.3 is 15.2 Å². The maximum atomic E-state index is 11.3. The SMILES string of the molecule is COP(=O)(O)c1ccccc1N. The highest BCUT2D eigenvalue weighted by molar-refractivity contribution is 7.61. The number of nitrogens with two attached hydrogens (primary N) is 1. The molecule has 0 heterocycles. The molecule has 12 heavy (non-hydrogen) atoms. The van der Waals surface area contributed by atoms with Gasteiger partial charge in [-0.2, -0.15) is 0 Å². The van der Waals surface area contributed by atoms with Crippen molar-refractivity contribution in [2.24, 2.45) is 0 Å². The topological polar surface area (TPSA) is 72.5 Å².